The normalized spacial score (nSPS) is 14.0. The second-order valence-corrected chi connectivity index (χ2v) is 9.26. The maximum atomic E-state index is 11.6. The molecule has 0 radical (unpaired) electrons. The summed E-state index contributed by atoms with van der Waals surface area (Å²) in [7, 11) is -3.72. The molecule has 0 spiro atoms. The molecule has 0 atom stereocenters. The van der Waals surface area contributed by atoms with Crippen LogP contribution in [0.25, 0.3) is 11.3 Å². The van der Waals surface area contributed by atoms with Gasteiger partial charge in [-0.2, -0.15) is 0 Å². The molecule has 3 aromatic rings. The van der Waals surface area contributed by atoms with Crippen molar-refractivity contribution in [3.05, 3.63) is 81.0 Å². The Bertz CT molecular complexity index is 1140. The van der Waals surface area contributed by atoms with Gasteiger partial charge < -0.3 is 4.74 Å². The van der Waals surface area contributed by atoms with Gasteiger partial charge in [0.15, 0.2) is 0 Å². The lowest BCUT2D eigenvalue weighted by molar-refractivity contribution is 0.502. The molecule has 2 aromatic carbocycles. The Balaban J connectivity index is 1.90. The van der Waals surface area contributed by atoms with Crippen molar-refractivity contribution in [1.82, 2.24) is 0 Å². The number of thiophene rings is 1. The Morgan fingerprint density at radius 2 is 1.74 bits per heavy atom. The van der Waals surface area contributed by atoms with Crippen molar-refractivity contribution in [2.24, 2.45) is 5.14 Å². The third kappa shape index (κ3) is 3.32. The topological polar surface area (TPSA) is 69.4 Å². The summed E-state index contributed by atoms with van der Waals surface area (Å²) in [6.07, 6.45) is 0.765. The van der Waals surface area contributed by atoms with Crippen LogP contribution in [-0.2, 0) is 16.4 Å². The first-order chi connectivity index (χ1) is 12.8. The summed E-state index contributed by atoms with van der Waals surface area (Å²) in [5.41, 5.74) is 5.52. The fraction of sp³-hybridized carbons (Fsp3) is 0.143. The number of rotatable bonds is 3. The summed E-state index contributed by atoms with van der Waals surface area (Å²) in [5.74, 6) is 1.59. The van der Waals surface area contributed by atoms with Crippen molar-refractivity contribution in [2.75, 3.05) is 0 Å². The van der Waals surface area contributed by atoms with Crippen LogP contribution in [0.2, 0.25) is 0 Å². The number of ether oxygens (including phenoxy) is 1. The molecule has 2 heterocycles. The third-order valence-electron chi connectivity index (χ3n) is 4.73. The number of hydrogen-bond donors (Lipinski definition) is 1. The van der Waals surface area contributed by atoms with E-state index in [4.69, 9.17) is 9.88 Å². The van der Waals surface area contributed by atoms with Crippen LogP contribution in [-0.4, -0.2) is 8.42 Å². The first-order valence-corrected chi connectivity index (χ1v) is 10.9. The van der Waals surface area contributed by atoms with Gasteiger partial charge in [-0.25, -0.2) is 13.6 Å². The van der Waals surface area contributed by atoms with Gasteiger partial charge in [0, 0.05) is 22.4 Å². The van der Waals surface area contributed by atoms with E-state index in [1.165, 1.54) is 28.1 Å². The second kappa shape index (κ2) is 6.64. The average Bonchev–Trinajstić information content (AvgIpc) is 2.98. The number of aryl methyl sites for hydroxylation is 2. The molecule has 1 aliphatic rings. The van der Waals surface area contributed by atoms with E-state index in [0.29, 0.717) is 0 Å². The van der Waals surface area contributed by atoms with Crippen LogP contribution in [0.3, 0.4) is 0 Å². The second-order valence-electron chi connectivity index (χ2n) is 6.61. The van der Waals surface area contributed by atoms with Crippen LogP contribution in [0.1, 0.15) is 27.1 Å². The average molecular weight is 398 g/mol. The SMILES string of the molecule is Cc1csc(C)c1C1=C(c2ccc(S(N)(=O)=O)cc2)Oc2ccccc2C1. The van der Waals surface area contributed by atoms with E-state index < -0.39 is 10.0 Å². The van der Waals surface area contributed by atoms with Crippen molar-refractivity contribution >= 4 is 32.7 Å². The van der Waals surface area contributed by atoms with E-state index in [9.17, 15) is 8.42 Å². The molecule has 2 N–H and O–H groups in total. The van der Waals surface area contributed by atoms with Crippen molar-refractivity contribution in [2.45, 2.75) is 25.2 Å². The van der Waals surface area contributed by atoms with Crippen molar-refractivity contribution < 1.29 is 13.2 Å². The zero-order valence-electron chi connectivity index (χ0n) is 15.0. The van der Waals surface area contributed by atoms with Crippen LogP contribution in [0, 0.1) is 13.8 Å². The molecule has 1 aliphatic heterocycles. The predicted octanol–water partition coefficient (Wildman–Crippen LogP) is 4.52. The highest BCUT2D eigenvalue weighted by Gasteiger charge is 2.25. The van der Waals surface area contributed by atoms with E-state index in [0.717, 1.165) is 34.6 Å². The molecule has 4 nitrogen and oxygen atoms in total. The molecule has 0 saturated carbocycles. The lowest BCUT2D eigenvalue weighted by Crippen LogP contribution is -2.13. The number of benzene rings is 2. The predicted molar refractivity (Wildman–Crippen MR) is 109 cm³/mol. The molecule has 0 amide bonds. The quantitative estimate of drug-likeness (QED) is 0.707. The summed E-state index contributed by atoms with van der Waals surface area (Å²) in [6.45, 7) is 4.22. The molecule has 0 unspecified atom stereocenters. The minimum Gasteiger partial charge on any atom is -0.456 e. The van der Waals surface area contributed by atoms with Crippen LogP contribution in [0.15, 0.2) is 58.8 Å². The fourth-order valence-corrected chi connectivity index (χ4v) is 4.83. The summed E-state index contributed by atoms with van der Waals surface area (Å²) in [5, 5.41) is 7.38. The number of primary sulfonamides is 1. The number of fused-ring (bicyclic) bond motifs is 1. The van der Waals surface area contributed by atoms with Gasteiger partial charge in [0.1, 0.15) is 11.5 Å². The van der Waals surface area contributed by atoms with Crippen LogP contribution in [0.5, 0.6) is 5.75 Å². The Morgan fingerprint density at radius 1 is 1.04 bits per heavy atom. The van der Waals surface area contributed by atoms with Crippen LogP contribution < -0.4 is 9.88 Å². The smallest absolute Gasteiger partial charge is 0.238 e. The van der Waals surface area contributed by atoms with Gasteiger partial charge in [0.2, 0.25) is 10.0 Å². The molecule has 6 heteroatoms. The summed E-state index contributed by atoms with van der Waals surface area (Å²) >= 11 is 1.72. The van der Waals surface area contributed by atoms with Crippen LogP contribution >= 0.6 is 11.3 Å². The van der Waals surface area contributed by atoms with Gasteiger partial charge in [-0.3, -0.25) is 0 Å². The van der Waals surface area contributed by atoms with Gasteiger partial charge in [0.25, 0.3) is 0 Å². The first-order valence-electron chi connectivity index (χ1n) is 8.52. The third-order valence-corrected chi connectivity index (χ3v) is 6.69. The lowest BCUT2D eigenvalue weighted by Gasteiger charge is -2.24. The molecule has 0 bridgehead atoms. The molecule has 0 saturated heterocycles. The zero-order valence-corrected chi connectivity index (χ0v) is 16.7. The number of hydrogen-bond acceptors (Lipinski definition) is 4. The van der Waals surface area contributed by atoms with E-state index in [2.05, 4.69) is 25.3 Å². The first kappa shape index (κ1) is 18.0. The molecule has 138 valence electrons. The Morgan fingerprint density at radius 3 is 2.37 bits per heavy atom. The van der Waals surface area contributed by atoms with E-state index in [1.54, 1.807) is 23.5 Å². The lowest BCUT2D eigenvalue weighted by atomic mass is 9.91. The number of nitrogens with two attached hydrogens (primary N) is 1. The number of sulfonamides is 1. The van der Waals surface area contributed by atoms with Gasteiger partial charge in [-0.1, -0.05) is 18.2 Å². The molecule has 27 heavy (non-hydrogen) atoms. The Kier molecular flexibility index (Phi) is 4.42. The minimum atomic E-state index is -3.72. The molecule has 1 aromatic heterocycles. The standard InChI is InChI=1S/C21H19NO3S2/c1-13-12-26-14(2)20(13)18-11-16-5-3-4-6-19(16)25-21(18)15-7-9-17(10-8-15)27(22,23)24/h3-10,12H,11H2,1-2H3,(H2,22,23,24). The summed E-state index contributed by atoms with van der Waals surface area (Å²) in [4.78, 5) is 1.33. The maximum Gasteiger partial charge on any atom is 0.238 e. The monoisotopic (exact) mass is 397 g/mol. The Labute approximate surface area is 163 Å². The number of allylic oxidation sites excluding steroid dienone is 1. The highest BCUT2D eigenvalue weighted by molar-refractivity contribution is 7.89. The molecule has 0 fully saturated rings. The minimum absolute atomic E-state index is 0.0903. The van der Waals surface area contributed by atoms with Crippen molar-refractivity contribution in [3.63, 3.8) is 0 Å². The van der Waals surface area contributed by atoms with Gasteiger partial charge >= 0.3 is 0 Å². The van der Waals surface area contributed by atoms with E-state index >= 15 is 0 Å². The van der Waals surface area contributed by atoms with E-state index in [1.807, 2.05) is 18.2 Å². The number of para-hydroxylation sites is 1. The Hall–Kier alpha value is -2.41. The van der Waals surface area contributed by atoms with Crippen LogP contribution in [0.4, 0.5) is 0 Å². The van der Waals surface area contributed by atoms with Gasteiger partial charge in [-0.05, 0) is 66.2 Å². The fourth-order valence-electron chi connectivity index (χ4n) is 3.45. The molecular formula is C21H19NO3S2. The molecule has 0 aliphatic carbocycles. The van der Waals surface area contributed by atoms with Crippen molar-refractivity contribution in [3.8, 4) is 5.75 Å². The highest BCUT2D eigenvalue weighted by Crippen LogP contribution is 2.42. The zero-order chi connectivity index (χ0) is 19.2. The molecular weight excluding hydrogens is 378 g/mol. The summed E-state index contributed by atoms with van der Waals surface area (Å²) < 4.78 is 29.4. The molecule has 4 rings (SSSR count). The maximum absolute atomic E-state index is 11.6. The van der Waals surface area contributed by atoms with Gasteiger partial charge in [0.05, 0.1) is 4.90 Å². The van der Waals surface area contributed by atoms with Gasteiger partial charge in [-0.15, -0.1) is 11.3 Å². The largest absolute Gasteiger partial charge is 0.456 e. The summed E-state index contributed by atoms with van der Waals surface area (Å²) in [6, 6.07) is 14.5. The van der Waals surface area contributed by atoms with Crippen molar-refractivity contribution in [1.29, 1.82) is 0 Å². The highest BCUT2D eigenvalue weighted by atomic mass is 32.2. The van der Waals surface area contributed by atoms with E-state index in [-0.39, 0.29) is 4.90 Å².